The van der Waals surface area contributed by atoms with Crippen molar-refractivity contribution in [1.29, 1.82) is 0 Å². The average Bonchev–Trinajstić information content (AvgIpc) is 2.70. The summed E-state index contributed by atoms with van der Waals surface area (Å²) in [7, 11) is 3.20. The van der Waals surface area contributed by atoms with Gasteiger partial charge in [0.15, 0.2) is 11.5 Å². The number of rotatable bonds is 8. The molecule has 0 bridgehead atoms. The van der Waals surface area contributed by atoms with Gasteiger partial charge < -0.3 is 19.3 Å². The van der Waals surface area contributed by atoms with Crippen molar-refractivity contribution in [3.05, 3.63) is 64.4 Å². The van der Waals surface area contributed by atoms with Crippen LogP contribution < -0.4 is 15.0 Å². The fourth-order valence-electron chi connectivity index (χ4n) is 3.49. The number of nitrogens with zero attached hydrogens (tertiary/aromatic N) is 1. The number of aromatic hydroxyl groups is 1. The van der Waals surface area contributed by atoms with Crippen LogP contribution in [0.25, 0.3) is 10.8 Å². The average molecular weight is 397 g/mol. The van der Waals surface area contributed by atoms with E-state index in [-0.39, 0.29) is 17.5 Å². The zero-order valence-electron chi connectivity index (χ0n) is 17.2. The SMILES string of the molecule is COCCC(c1ccc(OC)c(OC(C)C)c1)n1c(O)c2ccccc2cc1=O. The van der Waals surface area contributed by atoms with Crippen molar-refractivity contribution in [1.82, 2.24) is 4.57 Å². The Morgan fingerprint density at radius 2 is 1.79 bits per heavy atom. The summed E-state index contributed by atoms with van der Waals surface area (Å²) in [5.41, 5.74) is 0.552. The Kier molecular flexibility index (Phi) is 6.44. The molecule has 1 heterocycles. The number of pyridine rings is 1. The minimum Gasteiger partial charge on any atom is -0.494 e. The lowest BCUT2D eigenvalue weighted by atomic mass is 10.0. The van der Waals surface area contributed by atoms with Gasteiger partial charge >= 0.3 is 0 Å². The summed E-state index contributed by atoms with van der Waals surface area (Å²) in [6.45, 7) is 4.30. The molecule has 3 rings (SSSR count). The van der Waals surface area contributed by atoms with Crippen molar-refractivity contribution < 1.29 is 19.3 Å². The predicted molar refractivity (Wildman–Crippen MR) is 113 cm³/mol. The highest BCUT2D eigenvalue weighted by atomic mass is 16.5. The first-order chi connectivity index (χ1) is 14.0. The first-order valence-corrected chi connectivity index (χ1v) is 9.63. The van der Waals surface area contributed by atoms with E-state index in [2.05, 4.69) is 0 Å². The van der Waals surface area contributed by atoms with Crippen LogP contribution in [0, 0.1) is 0 Å². The van der Waals surface area contributed by atoms with E-state index in [1.807, 2.05) is 50.2 Å². The molecule has 0 saturated carbocycles. The number of hydrogen-bond acceptors (Lipinski definition) is 5. The summed E-state index contributed by atoms with van der Waals surface area (Å²) in [6.07, 6.45) is 0.476. The Labute approximate surface area is 170 Å². The topological polar surface area (TPSA) is 69.9 Å². The van der Waals surface area contributed by atoms with Crippen LogP contribution in [0.1, 0.15) is 31.9 Å². The summed E-state index contributed by atoms with van der Waals surface area (Å²) in [5, 5.41) is 12.3. The largest absolute Gasteiger partial charge is 0.494 e. The van der Waals surface area contributed by atoms with Gasteiger partial charge in [-0.25, -0.2) is 0 Å². The minimum atomic E-state index is -0.424. The Bertz CT molecular complexity index is 1040. The molecule has 0 aliphatic carbocycles. The fraction of sp³-hybridized carbons (Fsp3) is 0.348. The van der Waals surface area contributed by atoms with Gasteiger partial charge in [0.05, 0.1) is 19.3 Å². The molecule has 1 N–H and O–H groups in total. The van der Waals surface area contributed by atoms with Gasteiger partial charge in [0, 0.05) is 25.2 Å². The van der Waals surface area contributed by atoms with Gasteiger partial charge in [-0.05, 0) is 49.4 Å². The van der Waals surface area contributed by atoms with Crippen molar-refractivity contribution in [2.75, 3.05) is 20.8 Å². The van der Waals surface area contributed by atoms with E-state index < -0.39 is 6.04 Å². The Morgan fingerprint density at radius 3 is 2.48 bits per heavy atom. The smallest absolute Gasteiger partial charge is 0.254 e. The van der Waals surface area contributed by atoms with Crippen LogP contribution in [0.2, 0.25) is 0 Å². The third kappa shape index (κ3) is 4.38. The highest BCUT2D eigenvalue weighted by Crippen LogP contribution is 2.35. The summed E-state index contributed by atoms with van der Waals surface area (Å²) in [4.78, 5) is 12.9. The monoisotopic (exact) mass is 397 g/mol. The van der Waals surface area contributed by atoms with E-state index in [0.29, 0.717) is 35.3 Å². The third-order valence-electron chi connectivity index (χ3n) is 4.79. The molecule has 3 aromatic rings. The second-order valence-electron chi connectivity index (χ2n) is 7.14. The minimum absolute atomic E-state index is 0.0339. The molecule has 0 radical (unpaired) electrons. The van der Waals surface area contributed by atoms with Gasteiger partial charge in [-0.1, -0.05) is 24.3 Å². The normalized spacial score (nSPS) is 12.3. The summed E-state index contributed by atoms with van der Waals surface area (Å²) >= 11 is 0. The number of methoxy groups -OCH3 is 2. The number of fused-ring (bicyclic) bond motifs is 1. The van der Waals surface area contributed by atoms with Gasteiger partial charge in [-0.3, -0.25) is 9.36 Å². The van der Waals surface area contributed by atoms with Crippen LogP contribution in [0.4, 0.5) is 0 Å². The first kappa shape index (κ1) is 20.7. The lowest BCUT2D eigenvalue weighted by Crippen LogP contribution is -2.26. The van der Waals surface area contributed by atoms with Crippen LogP contribution in [-0.2, 0) is 4.74 Å². The van der Waals surface area contributed by atoms with E-state index in [9.17, 15) is 9.90 Å². The zero-order chi connectivity index (χ0) is 21.0. The molecule has 0 saturated heterocycles. The van der Waals surface area contributed by atoms with Crippen molar-refractivity contribution in [3.63, 3.8) is 0 Å². The highest BCUT2D eigenvalue weighted by molar-refractivity contribution is 5.86. The lowest BCUT2D eigenvalue weighted by Gasteiger charge is -2.24. The molecule has 6 heteroatoms. The van der Waals surface area contributed by atoms with E-state index in [4.69, 9.17) is 14.2 Å². The Morgan fingerprint density at radius 1 is 1.03 bits per heavy atom. The first-order valence-electron chi connectivity index (χ1n) is 9.63. The number of ether oxygens (including phenoxy) is 3. The van der Waals surface area contributed by atoms with Crippen molar-refractivity contribution in [2.45, 2.75) is 32.4 Å². The molecule has 0 fully saturated rings. The quantitative estimate of drug-likeness (QED) is 0.619. The molecule has 0 aliphatic rings. The van der Waals surface area contributed by atoms with Crippen LogP contribution >= 0.6 is 0 Å². The molecule has 6 nitrogen and oxygen atoms in total. The van der Waals surface area contributed by atoms with E-state index >= 15 is 0 Å². The van der Waals surface area contributed by atoms with Crippen molar-refractivity contribution >= 4 is 10.8 Å². The van der Waals surface area contributed by atoms with Crippen LogP contribution in [0.15, 0.2) is 53.3 Å². The Hall–Kier alpha value is -2.99. The van der Waals surface area contributed by atoms with E-state index in [1.165, 1.54) is 4.57 Å². The fourth-order valence-corrected chi connectivity index (χ4v) is 3.49. The van der Waals surface area contributed by atoms with Crippen LogP contribution in [-0.4, -0.2) is 36.6 Å². The van der Waals surface area contributed by atoms with Gasteiger partial charge in [-0.2, -0.15) is 0 Å². The second-order valence-corrected chi connectivity index (χ2v) is 7.14. The molecule has 0 spiro atoms. The van der Waals surface area contributed by atoms with Crippen LogP contribution in [0.3, 0.4) is 0 Å². The summed E-state index contributed by atoms with van der Waals surface area (Å²) in [6, 6.07) is 14.0. The highest BCUT2D eigenvalue weighted by Gasteiger charge is 2.22. The zero-order valence-corrected chi connectivity index (χ0v) is 17.2. The molecule has 1 atom stereocenters. The van der Waals surface area contributed by atoms with Gasteiger partial charge in [0.25, 0.3) is 5.56 Å². The number of benzene rings is 2. The molecule has 1 aromatic heterocycles. The maximum Gasteiger partial charge on any atom is 0.254 e. The van der Waals surface area contributed by atoms with E-state index in [1.54, 1.807) is 26.4 Å². The van der Waals surface area contributed by atoms with Gasteiger partial charge in [0.1, 0.15) is 0 Å². The summed E-state index contributed by atoms with van der Waals surface area (Å²) in [5.74, 6) is 1.15. The third-order valence-corrected chi connectivity index (χ3v) is 4.79. The molecular weight excluding hydrogens is 370 g/mol. The standard InChI is InChI=1S/C23H27NO5/c1-15(2)29-21-13-17(9-10-20(21)28-4)19(11-12-27-3)24-22(25)14-16-7-5-6-8-18(16)23(24)26/h5-10,13-15,19,26H,11-12H2,1-4H3. The van der Waals surface area contributed by atoms with Crippen LogP contribution in [0.5, 0.6) is 17.4 Å². The second kappa shape index (κ2) is 9.01. The maximum atomic E-state index is 12.9. The molecule has 2 aromatic carbocycles. The molecule has 29 heavy (non-hydrogen) atoms. The summed E-state index contributed by atoms with van der Waals surface area (Å²) < 4.78 is 18.0. The maximum absolute atomic E-state index is 12.9. The lowest BCUT2D eigenvalue weighted by molar-refractivity contribution is 0.181. The Balaban J connectivity index is 2.17. The van der Waals surface area contributed by atoms with E-state index in [0.717, 1.165) is 5.56 Å². The van der Waals surface area contributed by atoms with Gasteiger partial charge in [-0.15, -0.1) is 0 Å². The van der Waals surface area contributed by atoms with Crippen molar-refractivity contribution in [3.8, 4) is 17.4 Å². The predicted octanol–water partition coefficient (Wildman–Crippen LogP) is 4.13. The molecule has 0 aliphatic heterocycles. The van der Waals surface area contributed by atoms with Crippen molar-refractivity contribution in [2.24, 2.45) is 0 Å². The van der Waals surface area contributed by atoms with Gasteiger partial charge in [0.2, 0.25) is 5.88 Å². The molecule has 0 amide bonds. The number of aromatic nitrogens is 1. The number of hydrogen-bond donors (Lipinski definition) is 1. The molecule has 1 unspecified atom stereocenters. The molecule has 154 valence electrons. The molecular formula is C23H27NO5.